The van der Waals surface area contributed by atoms with E-state index >= 15 is 0 Å². The van der Waals surface area contributed by atoms with Gasteiger partial charge in [-0.2, -0.15) is 0 Å². The molecular formula is C33H39NO4. The van der Waals surface area contributed by atoms with Crippen LogP contribution in [0.5, 0.6) is 17.2 Å². The zero-order chi connectivity index (χ0) is 26.7. The molecule has 0 saturated heterocycles. The van der Waals surface area contributed by atoms with Gasteiger partial charge in [-0.15, -0.1) is 0 Å². The second-order valence-electron chi connectivity index (χ2n) is 9.58. The van der Waals surface area contributed by atoms with Gasteiger partial charge in [-0.25, -0.2) is 0 Å². The second kappa shape index (κ2) is 13.8. The number of aliphatic hydroxyl groups is 1. The van der Waals surface area contributed by atoms with Crippen molar-refractivity contribution < 1.29 is 19.3 Å². The van der Waals surface area contributed by atoms with Crippen molar-refractivity contribution in [2.75, 3.05) is 27.4 Å². The topological polar surface area (TPSA) is 60.3 Å². The van der Waals surface area contributed by atoms with Crippen LogP contribution in [0.4, 0.5) is 0 Å². The lowest BCUT2D eigenvalue weighted by Gasteiger charge is -2.28. The second-order valence-corrected chi connectivity index (χ2v) is 9.58. The summed E-state index contributed by atoms with van der Waals surface area (Å²) >= 11 is 0. The van der Waals surface area contributed by atoms with Crippen molar-refractivity contribution in [2.45, 2.75) is 51.6 Å². The van der Waals surface area contributed by atoms with Gasteiger partial charge in [0.25, 0.3) is 0 Å². The molecule has 0 heterocycles. The summed E-state index contributed by atoms with van der Waals surface area (Å²) in [6.07, 6.45) is 7.60. The summed E-state index contributed by atoms with van der Waals surface area (Å²) in [5.74, 6) is 2.39. The fraction of sp³-hybridized carbons (Fsp3) is 0.364. The summed E-state index contributed by atoms with van der Waals surface area (Å²) in [7, 11) is 3.36. The fourth-order valence-corrected chi connectivity index (χ4v) is 4.97. The van der Waals surface area contributed by atoms with Crippen molar-refractivity contribution >= 4 is 17.4 Å². The number of benzene rings is 3. The molecule has 0 fully saturated rings. The van der Waals surface area contributed by atoms with Crippen LogP contribution >= 0.6 is 0 Å². The molecule has 1 aliphatic rings. The van der Waals surface area contributed by atoms with Crippen molar-refractivity contribution in [3.05, 3.63) is 89.0 Å². The number of nitrogens with zero attached hydrogens (tertiary/aromatic N) is 1. The first-order valence-electron chi connectivity index (χ1n) is 13.6. The summed E-state index contributed by atoms with van der Waals surface area (Å²) in [4.78, 5) is 4.43. The van der Waals surface area contributed by atoms with E-state index in [0.717, 1.165) is 70.9 Å². The molecule has 1 N–H and O–H groups in total. The van der Waals surface area contributed by atoms with E-state index in [4.69, 9.17) is 14.2 Å². The average Bonchev–Trinajstić information content (AvgIpc) is 2.97. The van der Waals surface area contributed by atoms with E-state index in [1.165, 1.54) is 24.8 Å². The summed E-state index contributed by atoms with van der Waals surface area (Å²) in [6.45, 7) is 3.51. The van der Waals surface area contributed by atoms with Crippen LogP contribution in [0.1, 0.15) is 67.4 Å². The van der Waals surface area contributed by atoms with Crippen molar-refractivity contribution in [1.29, 1.82) is 0 Å². The monoisotopic (exact) mass is 513 g/mol. The molecule has 0 spiro atoms. The number of aryl methyl sites for hydroxylation is 1. The smallest absolute Gasteiger partial charge is 0.123 e. The molecule has 0 aliphatic heterocycles. The lowest BCUT2D eigenvalue weighted by molar-refractivity contribution is 0.238. The number of rotatable bonds is 13. The van der Waals surface area contributed by atoms with Gasteiger partial charge in [0, 0.05) is 12.8 Å². The van der Waals surface area contributed by atoms with Crippen LogP contribution < -0.4 is 14.2 Å². The highest BCUT2D eigenvalue weighted by atomic mass is 16.5. The molecule has 1 atom stereocenters. The van der Waals surface area contributed by atoms with Crippen molar-refractivity contribution in [2.24, 2.45) is 4.99 Å². The van der Waals surface area contributed by atoms with Gasteiger partial charge < -0.3 is 19.3 Å². The number of aliphatic imine (C=N–C) groups is 1. The Labute approximate surface area is 226 Å². The molecule has 5 nitrogen and oxygen atoms in total. The molecular weight excluding hydrogens is 474 g/mol. The Morgan fingerprint density at radius 3 is 2.39 bits per heavy atom. The van der Waals surface area contributed by atoms with Crippen LogP contribution in [-0.4, -0.2) is 38.7 Å². The maximum Gasteiger partial charge on any atom is 0.123 e. The number of methoxy groups -OCH3 is 2. The standard InChI is InChI=1S/C33H39NO4/c1-4-5-6-7-19-34-20-21-38-27-14-11-24(12-15-27)33(35)32-30(25-9-8-10-28(22-25)36-2)17-13-26-23-29(37-3)16-18-31(26)32/h8-12,14-16,18,20,22-23,33,35H,4-7,13,17,19,21H2,1-3H3. The van der Waals surface area contributed by atoms with Crippen LogP contribution in [0.3, 0.4) is 0 Å². The molecule has 38 heavy (non-hydrogen) atoms. The average molecular weight is 514 g/mol. The first-order chi connectivity index (χ1) is 18.6. The highest BCUT2D eigenvalue weighted by Crippen LogP contribution is 2.45. The molecule has 3 aromatic carbocycles. The first-order valence-corrected chi connectivity index (χ1v) is 13.6. The Kier molecular flexibility index (Phi) is 9.99. The number of hydrogen-bond donors (Lipinski definition) is 1. The third-order valence-corrected chi connectivity index (χ3v) is 7.05. The Morgan fingerprint density at radius 1 is 0.868 bits per heavy atom. The molecule has 200 valence electrons. The summed E-state index contributed by atoms with van der Waals surface area (Å²) < 4.78 is 16.8. The molecule has 0 radical (unpaired) electrons. The molecule has 1 unspecified atom stereocenters. The molecule has 1 aliphatic carbocycles. The highest BCUT2D eigenvalue weighted by Gasteiger charge is 2.27. The van der Waals surface area contributed by atoms with Gasteiger partial charge in [-0.1, -0.05) is 56.5 Å². The van der Waals surface area contributed by atoms with Crippen LogP contribution in [-0.2, 0) is 6.42 Å². The lowest BCUT2D eigenvalue weighted by atomic mass is 9.79. The number of unbranched alkanes of at least 4 members (excludes halogenated alkanes) is 3. The number of aliphatic hydroxyl groups excluding tert-OH is 1. The van der Waals surface area contributed by atoms with E-state index < -0.39 is 6.10 Å². The maximum absolute atomic E-state index is 11.7. The van der Waals surface area contributed by atoms with Gasteiger partial charge >= 0.3 is 0 Å². The lowest BCUT2D eigenvalue weighted by Crippen LogP contribution is -2.12. The van der Waals surface area contributed by atoms with Gasteiger partial charge in [0.15, 0.2) is 0 Å². The normalized spacial score (nSPS) is 13.9. The van der Waals surface area contributed by atoms with E-state index in [1.807, 2.05) is 54.7 Å². The summed E-state index contributed by atoms with van der Waals surface area (Å²) in [5, 5.41) is 11.7. The van der Waals surface area contributed by atoms with Crippen LogP contribution in [0.25, 0.3) is 11.1 Å². The zero-order valence-corrected chi connectivity index (χ0v) is 22.8. The molecule has 5 heteroatoms. The molecule has 0 saturated carbocycles. The number of fused-ring (bicyclic) bond motifs is 1. The minimum atomic E-state index is -0.789. The van der Waals surface area contributed by atoms with Crippen LogP contribution in [0.2, 0.25) is 0 Å². The van der Waals surface area contributed by atoms with E-state index in [1.54, 1.807) is 14.2 Å². The van der Waals surface area contributed by atoms with Crippen LogP contribution in [0, 0.1) is 0 Å². The number of ether oxygens (including phenoxy) is 3. The Bertz CT molecular complexity index is 1250. The van der Waals surface area contributed by atoms with Crippen molar-refractivity contribution in [3.63, 3.8) is 0 Å². The largest absolute Gasteiger partial charge is 0.497 e. The number of hydrogen-bond acceptors (Lipinski definition) is 5. The zero-order valence-electron chi connectivity index (χ0n) is 22.8. The Hall–Kier alpha value is -3.57. The van der Waals surface area contributed by atoms with Crippen molar-refractivity contribution in [3.8, 4) is 17.2 Å². The molecule has 3 aromatic rings. The van der Waals surface area contributed by atoms with E-state index in [9.17, 15) is 5.11 Å². The summed E-state index contributed by atoms with van der Waals surface area (Å²) in [5.41, 5.74) is 6.17. The maximum atomic E-state index is 11.7. The molecule has 0 bridgehead atoms. The van der Waals surface area contributed by atoms with Gasteiger partial charge in [0.05, 0.1) is 14.2 Å². The highest BCUT2D eigenvalue weighted by molar-refractivity contribution is 5.95. The third-order valence-electron chi connectivity index (χ3n) is 7.05. The van der Waals surface area contributed by atoms with Crippen molar-refractivity contribution in [1.82, 2.24) is 0 Å². The third kappa shape index (κ3) is 6.84. The van der Waals surface area contributed by atoms with Gasteiger partial charge in [-0.05, 0) is 89.1 Å². The summed E-state index contributed by atoms with van der Waals surface area (Å²) in [6, 6.07) is 21.9. The van der Waals surface area contributed by atoms with E-state index in [0.29, 0.717) is 6.61 Å². The minimum absolute atomic E-state index is 0.441. The first kappa shape index (κ1) is 27.5. The Morgan fingerprint density at radius 2 is 1.63 bits per heavy atom. The molecule has 0 amide bonds. The van der Waals surface area contributed by atoms with E-state index in [2.05, 4.69) is 30.1 Å². The van der Waals surface area contributed by atoms with Gasteiger partial charge in [-0.3, -0.25) is 4.99 Å². The Balaban J connectivity index is 1.55. The SMILES string of the molecule is CCCCCCN=CCOc1ccc(C(O)C2=C(c3cccc(OC)c3)CCc3cc(OC)ccc32)cc1. The number of allylic oxidation sites excluding steroid dienone is 1. The molecule has 4 rings (SSSR count). The van der Waals surface area contributed by atoms with Crippen LogP contribution in [0.15, 0.2) is 71.7 Å². The van der Waals surface area contributed by atoms with Gasteiger partial charge in [0.2, 0.25) is 0 Å². The predicted octanol–water partition coefficient (Wildman–Crippen LogP) is 7.32. The minimum Gasteiger partial charge on any atom is -0.497 e. The molecule has 0 aromatic heterocycles. The van der Waals surface area contributed by atoms with Gasteiger partial charge in [0.1, 0.15) is 30.0 Å². The predicted molar refractivity (Wildman–Crippen MR) is 156 cm³/mol. The fourth-order valence-electron chi connectivity index (χ4n) is 4.97. The quantitative estimate of drug-likeness (QED) is 0.192. The van der Waals surface area contributed by atoms with E-state index in [-0.39, 0.29) is 0 Å².